The molecule has 5 aromatic carbocycles. The highest BCUT2D eigenvalue weighted by Crippen LogP contribution is 2.61. The zero-order valence-corrected chi connectivity index (χ0v) is 37.2. The quantitative estimate of drug-likeness (QED) is 0.102. The van der Waals surface area contributed by atoms with Gasteiger partial charge in [-0.2, -0.15) is 0 Å². The van der Waals surface area contributed by atoms with Crippen molar-refractivity contribution in [2.45, 2.75) is 88.4 Å². The van der Waals surface area contributed by atoms with Gasteiger partial charge in [-0.05, 0) is 97.1 Å². The number of hydrogen-bond donors (Lipinski definition) is 1. The van der Waals surface area contributed by atoms with Crippen LogP contribution in [0.5, 0.6) is 0 Å². The van der Waals surface area contributed by atoms with E-state index in [0.29, 0.717) is 61.3 Å². The SMILES string of the molecule is C[C@@H]1[C@@H]([Si](C)(C)F)[C@H](CCn2cc(C(CO)c3ccccc3)nn2)O[C@@]12C(=O)N(Cc1cccc(N3C(=O)CCc4ccccc43)c1)c1ccc(N3C(=O)CCc4ccccc43)cc12. The van der Waals surface area contributed by atoms with Gasteiger partial charge in [0.1, 0.15) is 0 Å². The summed E-state index contributed by atoms with van der Waals surface area (Å²) in [6.45, 7) is 5.70. The fourth-order valence-corrected chi connectivity index (χ4v) is 13.4. The van der Waals surface area contributed by atoms with E-state index in [2.05, 4.69) is 16.4 Å². The first kappa shape index (κ1) is 41.7. The fourth-order valence-electron chi connectivity index (χ4n) is 10.9. The van der Waals surface area contributed by atoms with Gasteiger partial charge < -0.3 is 18.9 Å². The van der Waals surface area contributed by atoms with Crippen molar-refractivity contribution in [1.82, 2.24) is 15.0 Å². The molecule has 326 valence electrons. The van der Waals surface area contributed by atoms with Crippen LogP contribution in [0, 0.1) is 5.92 Å². The number of benzene rings is 5. The minimum Gasteiger partial charge on any atom is -0.395 e. The molecule has 4 aliphatic heterocycles. The standard InChI is InChI=1S/C51H51FN6O5Si/c1-33-49(64(2,3)52)46(26-27-55-31-42(53-54-55)40(32-59)35-13-5-4-6-14-35)63-51(33)41-29-39(58-44-19-10-8-16-37(44)21-25-48(58)61)22-23-45(41)56(50(51)62)30-34-12-11-17-38(28-34)57-43-18-9-7-15-36(43)20-24-47(57)60/h4-19,22-23,28-29,31,33,40,46,49,59H,20-21,24-27,30,32H2,1-3H3/t33-,40?,46+,49-,51+/m1/s1. The van der Waals surface area contributed by atoms with Crippen molar-refractivity contribution in [3.63, 3.8) is 0 Å². The zero-order valence-electron chi connectivity index (χ0n) is 36.2. The molecule has 1 spiro atoms. The Bertz CT molecular complexity index is 2780. The Kier molecular flexibility index (Phi) is 10.7. The van der Waals surface area contributed by atoms with Crippen LogP contribution in [0.25, 0.3) is 0 Å². The van der Waals surface area contributed by atoms with E-state index in [1.165, 1.54) is 0 Å². The zero-order chi connectivity index (χ0) is 44.3. The number of fused-ring (bicyclic) bond motifs is 4. The minimum absolute atomic E-state index is 0.00792. The Labute approximate surface area is 373 Å². The maximum Gasteiger partial charge on any atom is 0.264 e. The molecule has 0 bridgehead atoms. The lowest BCUT2D eigenvalue weighted by molar-refractivity contribution is -0.146. The monoisotopic (exact) mass is 874 g/mol. The molecule has 64 heavy (non-hydrogen) atoms. The number of amides is 3. The van der Waals surface area contributed by atoms with E-state index in [1.54, 1.807) is 32.5 Å². The van der Waals surface area contributed by atoms with Gasteiger partial charge in [0.05, 0.1) is 47.9 Å². The lowest BCUT2D eigenvalue weighted by Crippen LogP contribution is -2.45. The van der Waals surface area contributed by atoms with Crippen molar-refractivity contribution < 1.29 is 28.3 Å². The maximum absolute atomic E-state index is 17.0. The summed E-state index contributed by atoms with van der Waals surface area (Å²) in [4.78, 5) is 48.1. The van der Waals surface area contributed by atoms with Crippen LogP contribution in [0.15, 0.2) is 128 Å². The van der Waals surface area contributed by atoms with E-state index in [9.17, 15) is 14.7 Å². The van der Waals surface area contributed by atoms with Crippen LogP contribution in [-0.4, -0.2) is 58.9 Å². The molecule has 1 saturated heterocycles. The lowest BCUT2D eigenvalue weighted by atomic mass is 9.82. The second-order valence-corrected chi connectivity index (χ2v) is 21.9. The Hall–Kier alpha value is -6.28. The molecule has 10 rings (SSSR count). The smallest absolute Gasteiger partial charge is 0.264 e. The highest BCUT2D eigenvalue weighted by molar-refractivity contribution is 6.72. The van der Waals surface area contributed by atoms with Crippen LogP contribution in [0.4, 0.5) is 32.5 Å². The summed E-state index contributed by atoms with van der Waals surface area (Å²) in [7, 11) is -3.53. The summed E-state index contributed by atoms with van der Waals surface area (Å²) in [6.07, 6.45) is 3.59. The number of hydrogen-bond acceptors (Lipinski definition) is 7. The van der Waals surface area contributed by atoms with Crippen molar-refractivity contribution in [3.8, 4) is 0 Å². The molecule has 0 radical (unpaired) electrons. The number of rotatable bonds is 11. The minimum atomic E-state index is -3.53. The van der Waals surface area contributed by atoms with Crippen molar-refractivity contribution in [1.29, 1.82) is 0 Å². The molecule has 13 heteroatoms. The molecule has 0 saturated carbocycles. The molecule has 5 heterocycles. The van der Waals surface area contributed by atoms with E-state index in [-0.39, 0.29) is 36.8 Å². The van der Waals surface area contributed by atoms with E-state index >= 15 is 8.90 Å². The number of halogens is 1. The second-order valence-electron chi connectivity index (χ2n) is 18.1. The maximum atomic E-state index is 17.0. The number of aromatic nitrogens is 3. The van der Waals surface area contributed by atoms with Crippen molar-refractivity contribution in [2.24, 2.45) is 5.92 Å². The van der Waals surface area contributed by atoms with Crippen LogP contribution in [0.1, 0.15) is 65.6 Å². The number of para-hydroxylation sites is 2. The van der Waals surface area contributed by atoms with E-state index in [1.807, 2.05) is 128 Å². The third-order valence-corrected chi connectivity index (χ3v) is 16.3. The van der Waals surface area contributed by atoms with Gasteiger partial charge >= 0.3 is 0 Å². The predicted molar refractivity (Wildman–Crippen MR) is 246 cm³/mol. The van der Waals surface area contributed by atoms with Gasteiger partial charge in [0.15, 0.2) is 5.60 Å². The van der Waals surface area contributed by atoms with Crippen molar-refractivity contribution in [2.75, 3.05) is 21.3 Å². The Morgan fingerprint density at radius 3 is 2.08 bits per heavy atom. The molecule has 0 aliphatic carbocycles. The third kappa shape index (κ3) is 7.06. The predicted octanol–water partition coefficient (Wildman–Crippen LogP) is 9.04. The summed E-state index contributed by atoms with van der Waals surface area (Å²) < 4.78 is 25.9. The summed E-state index contributed by atoms with van der Waals surface area (Å²) in [5.41, 5.74) is 6.63. The number of carbonyl (C=O) groups excluding carboxylic acids is 3. The summed E-state index contributed by atoms with van der Waals surface area (Å²) in [6, 6.07) is 38.9. The van der Waals surface area contributed by atoms with Crippen molar-refractivity contribution in [3.05, 3.63) is 161 Å². The summed E-state index contributed by atoms with van der Waals surface area (Å²) in [5, 5.41) is 19.1. The Morgan fingerprint density at radius 2 is 1.42 bits per heavy atom. The van der Waals surface area contributed by atoms with Gasteiger partial charge in [-0.1, -0.05) is 91.0 Å². The van der Waals surface area contributed by atoms with E-state index < -0.39 is 31.6 Å². The van der Waals surface area contributed by atoms with Crippen LogP contribution in [0.2, 0.25) is 18.6 Å². The number of aryl methyl sites for hydroxylation is 3. The molecule has 6 aromatic rings. The van der Waals surface area contributed by atoms with Crippen molar-refractivity contribution >= 4 is 54.6 Å². The van der Waals surface area contributed by atoms with Gasteiger partial charge in [0, 0.05) is 54.0 Å². The first-order valence-electron chi connectivity index (χ1n) is 22.3. The number of aliphatic hydroxyl groups is 1. The molecule has 1 fully saturated rings. The average molecular weight is 875 g/mol. The molecule has 11 nitrogen and oxygen atoms in total. The molecular weight excluding hydrogens is 824 g/mol. The van der Waals surface area contributed by atoms with Crippen LogP contribution < -0.4 is 14.7 Å². The topological polar surface area (TPSA) is 121 Å². The number of anilines is 5. The average Bonchev–Trinajstić information content (AvgIpc) is 3.96. The van der Waals surface area contributed by atoms with Crippen LogP contribution >= 0.6 is 0 Å². The lowest BCUT2D eigenvalue weighted by Gasteiger charge is -2.32. The van der Waals surface area contributed by atoms with E-state index in [0.717, 1.165) is 39.3 Å². The largest absolute Gasteiger partial charge is 0.395 e. The fraction of sp³-hybridized carbons (Fsp3) is 0.314. The molecule has 3 amide bonds. The highest BCUT2D eigenvalue weighted by Gasteiger charge is 2.66. The molecule has 1 aromatic heterocycles. The number of ether oxygens (including phenoxy) is 1. The van der Waals surface area contributed by atoms with Gasteiger partial charge in [-0.15, -0.1) is 5.10 Å². The Balaban J connectivity index is 1.02. The first-order valence-corrected chi connectivity index (χ1v) is 25.2. The number of aliphatic hydroxyl groups excluding tert-OH is 1. The first-order chi connectivity index (χ1) is 31.0. The van der Waals surface area contributed by atoms with E-state index in [4.69, 9.17) is 4.74 Å². The molecule has 5 atom stereocenters. The number of nitrogens with zero attached hydrogens (tertiary/aromatic N) is 6. The van der Waals surface area contributed by atoms with Gasteiger partial charge in [-0.3, -0.25) is 28.9 Å². The molecular formula is C51H51FN6O5Si. The Morgan fingerprint density at radius 1 is 0.781 bits per heavy atom. The normalized spacial score (nSPS) is 22.2. The third-order valence-electron chi connectivity index (χ3n) is 13.8. The van der Waals surface area contributed by atoms with Gasteiger partial charge in [0.2, 0.25) is 20.2 Å². The summed E-state index contributed by atoms with van der Waals surface area (Å²) in [5.74, 6) is -1.25. The number of carbonyl (C=O) groups is 3. The highest BCUT2D eigenvalue weighted by atomic mass is 28.4. The van der Waals surface area contributed by atoms with Crippen LogP contribution in [-0.2, 0) is 50.7 Å². The van der Waals surface area contributed by atoms with Gasteiger partial charge in [-0.25, -0.2) is 0 Å². The second kappa shape index (κ2) is 16.4. The molecule has 1 unspecified atom stereocenters. The molecule has 4 aliphatic rings. The molecule has 1 N–H and O–H groups in total. The van der Waals surface area contributed by atoms with Crippen LogP contribution in [0.3, 0.4) is 0 Å². The van der Waals surface area contributed by atoms with Gasteiger partial charge in [0.25, 0.3) is 5.91 Å². The summed E-state index contributed by atoms with van der Waals surface area (Å²) >= 11 is 0.